The van der Waals surface area contributed by atoms with Crippen LogP contribution in [0.2, 0.25) is 0 Å². The van der Waals surface area contributed by atoms with Gasteiger partial charge >= 0.3 is 0 Å². The van der Waals surface area contributed by atoms with Crippen LogP contribution in [0.25, 0.3) is 11.3 Å². The van der Waals surface area contributed by atoms with Crippen LogP contribution >= 0.6 is 0 Å². The smallest absolute Gasteiger partial charge is 0.243 e. The number of sulfonamides is 1. The molecule has 0 radical (unpaired) electrons. The third kappa shape index (κ3) is 2.46. The lowest BCUT2D eigenvalue weighted by molar-refractivity contribution is 0.426. The SMILES string of the molecule is Cc1ccc(-c2onc(C)c2C)cc1S(=O)(=O)N1CCCC1. The van der Waals surface area contributed by atoms with Crippen LogP contribution in [-0.4, -0.2) is 31.0 Å². The lowest BCUT2D eigenvalue weighted by Crippen LogP contribution is -2.28. The summed E-state index contributed by atoms with van der Waals surface area (Å²) in [5.74, 6) is 0.635. The maximum atomic E-state index is 12.8. The molecule has 2 aromatic rings. The maximum Gasteiger partial charge on any atom is 0.243 e. The predicted molar refractivity (Wildman–Crippen MR) is 84.1 cm³/mol. The van der Waals surface area contributed by atoms with E-state index in [0.29, 0.717) is 23.7 Å². The van der Waals surface area contributed by atoms with Crippen LogP contribution in [0.1, 0.15) is 29.7 Å². The molecule has 22 heavy (non-hydrogen) atoms. The summed E-state index contributed by atoms with van der Waals surface area (Å²) in [5, 5.41) is 3.95. The largest absolute Gasteiger partial charge is 0.356 e. The van der Waals surface area contributed by atoms with Gasteiger partial charge < -0.3 is 4.52 Å². The van der Waals surface area contributed by atoms with Gasteiger partial charge in [0, 0.05) is 24.2 Å². The third-order valence-electron chi connectivity index (χ3n) is 4.29. The molecular formula is C16H20N2O3S. The number of aryl methyl sites for hydroxylation is 2. The average molecular weight is 320 g/mol. The lowest BCUT2D eigenvalue weighted by atomic mass is 10.1. The van der Waals surface area contributed by atoms with Crippen LogP contribution < -0.4 is 0 Å². The molecule has 0 N–H and O–H groups in total. The zero-order chi connectivity index (χ0) is 15.9. The molecular weight excluding hydrogens is 300 g/mol. The van der Waals surface area contributed by atoms with E-state index < -0.39 is 10.0 Å². The standard InChI is InChI=1S/C16H20N2O3S/c1-11-6-7-14(16-12(2)13(3)17-21-16)10-15(11)22(19,20)18-8-4-5-9-18/h6-7,10H,4-5,8-9H2,1-3H3. The summed E-state index contributed by atoms with van der Waals surface area (Å²) in [6.07, 6.45) is 1.86. The Kier molecular flexibility index (Phi) is 3.82. The Balaban J connectivity index is 2.09. The van der Waals surface area contributed by atoms with Crippen LogP contribution in [0.5, 0.6) is 0 Å². The monoisotopic (exact) mass is 320 g/mol. The number of hydrogen-bond donors (Lipinski definition) is 0. The third-order valence-corrected chi connectivity index (χ3v) is 6.33. The van der Waals surface area contributed by atoms with E-state index in [1.807, 2.05) is 32.9 Å². The molecule has 3 rings (SSSR count). The molecule has 0 bridgehead atoms. The molecule has 0 amide bonds. The molecule has 0 unspecified atom stereocenters. The average Bonchev–Trinajstić information content (AvgIpc) is 3.12. The number of nitrogens with zero attached hydrogens (tertiary/aromatic N) is 2. The minimum Gasteiger partial charge on any atom is -0.356 e. The minimum atomic E-state index is -3.43. The van der Waals surface area contributed by atoms with Crippen molar-refractivity contribution in [1.82, 2.24) is 9.46 Å². The van der Waals surface area contributed by atoms with Crippen LogP contribution in [0.4, 0.5) is 0 Å². The fourth-order valence-electron chi connectivity index (χ4n) is 2.77. The van der Waals surface area contributed by atoms with Crippen molar-refractivity contribution in [2.24, 2.45) is 0 Å². The van der Waals surface area contributed by atoms with Gasteiger partial charge in [0.1, 0.15) is 0 Å². The first kappa shape index (κ1) is 15.2. The van der Waals surface area contributed by atoms with Crippen LogP contribution in [-0.2, 0) is 10.0 Å². The van der Waals surface area contributed by atoms with E-state index in [4.69, 9.17) is 4.52 Å². The van der Waals surface area contributed by atoms with E-state index in [9.17, 15) is 8.42 Å². The molecule has 0 saturated carbocycles. The number of aromatic nitrogens is 1. The Morgan fingerprint density at radius 2 is 1.82 bits per heavy atom. The summed E-state index contributed by atoms with van der Waals surface area (Å²) in [7, 11) is -3.43. The fourth-order valence-corrected chi connectivity index (χ4v) is 4.54. The van der Waals surface area contributed by atoms with Crippen molar-refractivity contribution in [1.29, 1.82) is 0 Å². The molecule has 118 valence electrons. The summed E-state index contributed by atoms with van der Waals surface area (Å²) in [5.41, 5.74) is 3.26. The van der Waals surface area contributed by atoms with Gasteiger partial charge in [-0.25, -0.2) is 8.42 Å². The van der Waals surface area contributed by atoms with Crippen molar-refractivity contribution in [2.75, 3.05) is 13.1 Å². The highest BCUT2D eigenvalue weighted by molar-refractivity contribution is 7.89. The molecule has 5 nitrogen and oxygen atoms in total. The van der Waals surface area contributed by atoms with Crippen LogP contribution in [0.15, 0.2) is 27.6 Å². The first-order chi connectivity index (χ1) is 10.4. The molecule has 2 heterocycles. The Labute approximate surface area is 131 Å². The van der Waals surface area contributed by atoms with Crippen LogP contribution in [0.3, 0.4) is 0 Å². The van der Waals surface area contributed by atoms with Gasteiger partial charge in [0.15, 0.2) is 5.76 Å². The molecule has 1 aromatic carbocycles. The Bertz CT molecular complexity index is 803. The highest BCUT2D eigenvalue weighted by Gasteiger charge is 2.29. The highest BCUT2D eigenvalue weighted by atomic mass is 32.2. The minimum absolute atomic E-state index is 0.361. The van der Waals surface area contributed by atoms with Crippen LogP contribution in [0, 0.1) is 20.8 Å². The van der Waals surface area contributed by atoms with E-state index in [1.54, 1.807) is 10.4 Å². The van der Waals surface area contributed by atoms with Gasteiger partial charge in [-0.05, 0) is 45.2 Å². The van der Waals surface area contributed by atoms with Gasteiger partial charge in [-0.3, -0.25) is 0 Å². The molecule has 0 spiro atoms. The van der Waals surface area contributed by atoms with E-state index >= 15 is 0 Å². The topological polar surface area (TPSA) is 63.4 Å². The molecule has 1 aliphatic rings. The van der Waals surface area contributed by atoms with Crippen molar-refractivity contribution < 1.29 is 12.9 Å². The van der Waals surface area contributed by atoms with Gasteiger partial charge in [0.2, 0.25) is 10.0 Å². The summed E-state index contributed by atoms with van der Waals surface area (Å²) >= 11 is 0. The van der Waals surface area contributed by atoms with Gasteiger partial charge in [0.25, 0.3) is 0 Å². The van der Waals surface area contributed by atoms with Gasteiger partial charge in [0.05, 0.1) is 10.6 Å². The second-order valence-corrected chi connectivity index (χ2v) is 7.72. The number of benzene rings is 1. The highest BCUT2D eigenvalue weighted by Crippen LogP contribution is 2.31. The van der Waals surface area contributed by atoms with Crippen molar-refractivity contribution in [3.63, 3.8) is 0 Å². The first-order valence-corrected chi connectivity index (χ1v) is 8.89. The zero-order valence-electron chi connectivity index (χ0n) is 13.1. The van der Waals surface area contributed by atoms with Gasteiger partial charge in [-0.15, -0.1) is 0 Å². The first-order valence-electron chi connectivity index (χ1n) is 7.45. The Hall–Kier alpha value is -1.66. The number of hydrogen-bond acceptors (Lipinski definition) is 4. The molecule has 1 aromatic heterocycles. The molecule has 1 fully saturated rings. The normalized spacial score (nSPS) is 16.3. The van der Waals surface area contributed by atoms with Gasteiger partial charge in [-0.1, -0.05) is 17.3 Å². The zero-order valence-corrected chi connectivity index (χ0v) is 13.9. The summed E-state index contributed by atoms with van der Waals surface area (Å²) in [6, 6.07) is 5.41. The fraction of sp³-hybridized carbons (Fsp3) is 0.438. The summed E-state index contributed by atoms with van der Waals surface area (Å²) < 4.78 is 32.5. The van der Waals surface area contributed by atoms with Crippen molar-refractivity contribution in [3.8, 4) is 11.3 Å². The molecule has 6 heteroatoms. The summed E-state index contributed by atoms with van der Waals surface area (Å²) in [6.45, 7) is 6.83. The van der Waals surface area contributed by atoms with Crippen molar-refractivity contribution in [2.45, 2.75) is 38.5 Å². The van der Waals surface area contributed by atoms with Crippen molar-refractivity contribution >= 4 is 10.0 Å². The maximum absolute atomic E-state index is 12.8. The molecule has 1 aliphatic heterocycles. The summed E-state index contributed by atoms with van der Waals surface area (Å²) in [4.78, 5) is 0.361. The number of rotatable bonds is 3. The second-order valence-electron chi connectivity index (χ2n) is 5.81. The van der Waals surface area contributed by atoms with Gasteiger partial charge in [-0.2, -0.15) is 4.31 Å². The van der Waals surface area contributed by atoms with E-state index in [0.717, 1.165) is 35.2 Å². The van der Waals surface area contributed by atoms with E-state index in [1.165, 1.54) is 0 Å². The van der Waals surface area contributed by atoms with E-state index in [2.05, 4.69) is 5.16 Å². The second kappa shape index (κ2) is 5.52. The lowest BCUT2D eigenvalue weighted by Gasteiger charge is -2.17. The Morgan fingerprint density at radius 3 is 2.41 bits per heavy atom. The molecule has 1 saturated heterocycles. The van der Waals surface area contributed by atoms with Crippen molar-refractivity contribution in [3.05, 3.63) is 35.0 Å². The quantitative estimate of drug-likeness (QED) is 0.872. The Morgan fingerprint density at radius 1 is 1.14 bits per heavy atom. The molecule has 0 atom stereocenters. The molecule has 0 aliphatic carbocycles. The van der Waals surface area contributed by atoms with E-state index in [-0.39, 0.29) is 0 Å². The predicted octanol–water partition coefficient (Wildman–Crippen LogP) is 3.05.